The van der Waals surface area contributed by atoms with Crippen molar-refractivity contribution in [2.75, 3.05) is 19.7 Å². The molecule has 1 saturated heterocycles. The number of rotatable bonds is 3. The Morgan fingerprint density at radius 1 is 1.35 bits per heavy atom. The van der Waals surface area contributed by atoms with Gasteiger partial charge in [-0.25, -0.2) is 0 Å². The second-order valence-electron chi connectivity index (χ2n) is 5.51. The van der Waals surface area contributed by atoms with Gasteiger partial charge in [0, 0.05) is 18.7 Å². The number of morpholine rings is 1. The van der Waals surface area contributed by atoms with Crippen molar-refractivity contribution in [3.05, 3.63) is 35.7 Å². The Morgan fingerprint density at radius 2 is 2.17 bits per heavy atom. The summed E-state index contributed by atoms with van der Waals surface area (Å²) in [5, 5.41) is 3.78. The van der Waals surface area contributed by atoms with E-state index < -0.39 is 11.7 Å². The lowest BCUT2D eigenvalue weighted by Gasteiger charge is -2.29. The van der Waals surface area contributed by atoms with Crippen LogP contribution in [0, 0.1) is 0 Å². The second kappa shape index (κ2) is 6.29. The minimum absolute atomic E-state index is 0.134. The number of ether oxygens (including phenoxy) is 1. The third-order valence-corrected chi connectivity index (χ3v) is 3.60. The maximum Gasteiger partial charge on any atom is 0.416 e. The van der Waals surface area contributed by atoms with Gasteiger partial charge in [0.2, 0.25) is 11.7 Å². The molecule has 1 aromatic heterocycles. The molecule has 0 bridgehead atoms. The van der Waals surface area contributed by atoms with Crippen molar-refractivity contribution < 1.29 is 22.4 Å². The van der Waals surface area contributed by atoms with Crippen molar-refractivity contribution in [3.63, 3.8) is 0 Å². The van der Waals surface area contributed by atoms with Crippen LogP contribution in [0.4, 0.5) is 13.2 Å². The van der Waals surface area contributed by atoms with Crippen molar-refractivity contribution in [2.45, 2.75) is 25.7 Å². The highest BCUT2D eigenvalue weighted by Gasteiger charge is 2.30. The van der Waals surface area contributed by atoms with Crippen LogP contribution in [0.1, 0.15) is 18.4 Å². The van der Waals surface area contributed by atoms with E-state index in [2.05, 4.69) is 15.0 Å². The van der Waals surface area contributed by atoms with E-state index in [1.807, 2.05) is 6.92 Å². The third-order valence-electron chi connectivity index (χ3n) is 3.60. The molecule has 2 heterocycles. The topological polar surface area (TPSA) is 51.4 Å². The van der Waals surface area contributed by atoms with Crippen LogP contribution in [-0.2, 0) is 17.5 Å². The van der Waals surface area contributed by atoms with Crippen LogP contribution >= 0.6 is 0 Å². The predicted molar refractivity (Wildman–Crippen MR) is 75.4 cm³/mol. The molecule has 0 saturated carbocycles. The first-order valence-electron chi connectivity index (χ1n) is 7.26. The van der Waals surface area contributed by atoms with E-state index >= 15 is 0 Å². The summed E-state index contributed by atoms with van der Waals surface area (Å²) in [6.45, 7) is 4.58. The summed E-state index contributed by atoms with van der Waals surface area (Å²) in [6.07, 6.45) is -4.26. The molecule has 0 N–H and O–H groups in total. The van der Waals surface area contributed by atoms with E-state index in [1.165, 1.54) is 12.1 Å². The number of nitrogens with zero attached hydrogens (tertiary/aromatic N) is 3. The molecular weight excluding hydrogens is 311 g/mol. The molecule has 1 atom stereocenters. The van der Waals surface area contributed by atoms with Crippen molar-refractivity contribution in [1.82, 2.24) is 15.0 Å². The number of alkyl halides is 3. The quantitative estimate of drug-likeness (QED) is 0.867. The highest BCUT2D eigenvalue weighted by atomic mass is 19.4. The lowest BCUT2D eigenvalue weighted by Crippen LogP contribution is -2.40. The van der Waals surface area contributed by atoms with E-state index in [9.17, 15) is 13.2 Å². The lowest BCUT2D eigenvalue weighted by atomic mass is 10.1. The van der Waals surface area contributed by atoms with Crippen LogP contribution in [0.25, 0.3) is 11.4 Å². The molecule has 1 fully saturated rings. The van der Waals surface area contributed by atoms with Gasteiger partial charge < -0.3 is 9.26 Å². The van der Waals surface area contributed by atoms with Gasteiger partial charge >= 0.3 is 6.18 Å². The maximum absolute atomic E-state index is 12.8. The number of aromatic nitrogens is 2. The monoisotopic (exact) mass is 327 g/mol. The molecule has 1 aliphatic heterocycles. The first-order chi connectivity index (χ1) is 10.9. The summed E-state index contributed by atoms with van der Waals surface area (Å²) < 4.78 is 48.9. The molecule has 8 heteroatoms. The van der Waals surface area contributed by atoms with Crippen LogP contribution in [0.2, 0.25) is 0 Å². The zero-order chi connectivity index (χ0) is 16.4. The average molecular weight is 327 g/mol. The number of hydrogen-bond donors (Lipinski definition) is 0. The van der Waals surface area contributed by atoms with Gasteiger partial charge in [-0.05, 0) is 19.1 Å². The van der Waals surface area contributed by atoms with Crippen LogP contribution < -0.4 is 0 Å². The maximum atomic E-state index is 12.8. The largest absolute Gasteiger partial charge is 0.416 e. The molecule has 0 amide bonds. The molecule has 1 aromatic carbocycles. The molecule has 0 radical (unpaired) electrons. The summed E-state index contributed by atoms with van der Waals surface area (Å²) in [6, 6.07) is 4.89. The van der Waals surface area contributed by atoms with Crippen LogP contribution in [0.5, 0.6) is 0 Å². The van der Waals surface area contributed by atoms with E-state index in [-0.39, 0.29) is 17.5 Å². The Kier molecular flexibility index (Phi) is 4.36. The molecule has 0 unspecified atom stereocenters. The number of halogens is 3. The Labute approximate surface area is 131 Å². The molecule has 124 valence electrons. The number of benzene rings is 1. The van der Waals surface area contributed by atoms with Crippen molar-refractivity contribution in [3.8, 4) is 11.4 Å². The summed E-state index contributed by atoms with van der Waals surface area (Å²) in [5.74, 6) is 0.541. The minimum atomic E-state index is -4.40. The number of hydrogen-bond acceptors (Lipinski definition) is 5. The van der Waals surface area contributed by atoms with Crippen LogP contribution in [-0.4, -0.2) is 40.8 Å². The molecule has 0 spiro atoms. The normalized spacial score (nSPS) is 19.9. The van der Waals surface area contributed by atoms with Gasteiger partial charge in [-0.2, -0.15) is 18.2 Å². The second-order valence-corrected chi connectivity index (χ2v) is 5.51. The fraction of sp³-hybridized carbons (Fsp3) is 0.467. The molecule has 23 heavy (non-hydrogen) atoms. The minimum Gasteiger partial charge on any atom is -0.376 e. The Morgan fingerprint density at radius 3 is 2.91 bits per heavy atom. The summed E-state index contributed by atoms with van der Waals surface area (Å²) in [5.41, 5.74) is -0.450. The van der Waals surface area contributed by atoms with Crippen LogP contribution in [0.3, 0.4) is 0 Å². The molecule has 2 aromatic rings. The molecule has 5 nitrogen and oxygen atoms in total. The van der Waals surface area contributed by atoms with E-state index in [0.29, 0.717) is 19.0 Å². The van der Waals surface area contributed by atoms with E-state index in [1.54, 1.807) is 0 Å². The highest BCUT2D eigenvalue weighted by molar-refractivity contribution is 5.55. The summed E-state index contributed by atoms with van der Waals surface area (Å²) in [4.78, 5) is 6.30. The van der Waals surface area contributed by atoms with Crippen LogP contribution in [0.15, 0.2) is 28.8 Å². The van der Waals surface area contributed by atoms with Crippen molar-refractivity contribution in [1.29, 1.82) is 0 Å². The van der Waals surface area contributed by atoms with Gasteiger partial charge in [-0.1, -0.05) is 17.3 Å². The molecule has 3 rings (SSSR count). The first-order valence-corrected chi connectivity index (χ1v) is 7.26. The zero-order valence-electron chi connectivity index (χ0n) is 12.5. The van der Waals surface area contributed by atoms with Gasteiger partial charge in [-0.3, -0.25) is 4.90 Å². The first kappa shape index (κ1) is 15.9. The summed E-state index contributed by atoms with van der Waals surface area (Å²) >= 11 is 0. The Hall–Kier alpha value is -1.93. The molecular formula is C15H16F3N3O2. The molecule has 1 aliphatic rings. The SMILES string of the molecule is C[C@@H]1CN(Cc2nc(-c3cccc(C(F)(F)F)c3)no2)CCO1. The van der Waals surface area contributed by atoms with E-state index in [0.717, 1.165) is 25.2 Å². The van der Waals surface area contributed by atoms with Crippen molar-refractivity contribution >= 4 is 0 Å². The Bertz CT molecular complexity index is 672. The van der Waals surface area contributed by atoms with Crippen molar-refractivity contribution in [2.24, 2.45) is 0 Å². The summed E-state index contributed by atoms with van der Waals surface area (Å²) in [7, 11) is 0. The van der Waals surface area contributed by atoms with E-state index in [4.69, 9.17) is 9.26 Å². The lowest BCUT2D eigenvalue weighted by molar-refractivity contribution is -0.137. The fourth-order valence-corrected chi connectivity index (χ4v) is 2.50. The van der Waals surface area contributed by atoms with Gasteiger partial charge in [0.15, 0.2) is 0 Å². The fourth-order valence-electron chi connectivity index (χ4n) is 2.50. The predicted octanol–water partition coefficient (Wildman–Crippen LogP) is 2.98. The van der Waals surface area contributed by atoms with Gasteiger partial charge in [0.25, 0.3) is 0 Å². The zero-order valence-corrected chi connectivity index (χ0v) is 12.5. The van der Waals surface area contributed by atoms with Gasteiger partial charge in [0.05, 0.1) is 24.8 Å². The molecule has 0 aliphatic carbocycles. The Balaban J connectivity index is 1.74. The highest BCUT2D eigenvalue weighted by Crippen LogP contribution is 2.31. The van der Waals surface area contributed by atoms with Gasteiger partial charge in [0.1, 0.15) is 0 Å². The average Bonchev–Trinajstić information content (AvgIpc) is 2.95. The third kappa shape index (κ3) is 3.89. The smallest absolute Gasteiger partial charge is 0.376 e. The standard InChI is InChI=1S/C15H16F3N3O2/c1-10-8-21(5-6-22-10)9-13-19-14(20-23-13)11-3-2-4-12(7-11)15(16,17)18/h2-4,7,10H,5-6,8-9H2,1H3/t10-/m1/s1. The van der Waals surface area contributed by atoms with Gasteiger partial charge in [-0.15, -0.1) is 0 Å².